The summed E-state index contributed by atoms with van der Waals surface area (Å²) in [6.45, 7) is 4.64. The van der Waals surface area contributed by atoms with Gasteiger partial charge >= 0.3 is 0 Å². The Bertz CT molecular complexity index is 513. The summed E-state index contributed by atoms with van der Waals surface area (Å²) in [7, 11) is 0. The van der Waals surface area contributed by atoms with E-state index >= 15 is 0 Å². The van der Waals surface area contributed by atoms with Gasteiger partial charge in [0.2, 0.25) is 0 Å². The molecule has 0 spiro atoms. The molecular weight excluding hydrogens is 236 g/mol. The molecule has 2 aromatic rings. The van der Waals surface area contributed by atoms with Gasteiger partial charge in [-0.15, -0.1) is 0 Å². The topological polar surface area (TPSA) is 45.1 Å². The van der Waals surface area contributed by atoms with E-state index in [1.165, 1.54) is 5.56 Å². The molecule has 0 aliphatic rings. The van der Waals surface area contributed by atoms with E-state index in [1.54, 1.807) is 12.4 Å². The van der Waals surface area contributed by atoms with Crippen molar-refractivity contribution in [2.24, 2.45) is 0 Å². The van der Waals surface area contributed by atoms with Gasteiger partial charge in [0.05, 0.1) is 6.10 Å². The molecule has 3 heteroatoms. The fraction of sp³-hybridized carbons (Fsp3) is 0.312. The van der Waals surface area contributed by atoms with Crippen LogP contribution in [0.1, 0.15) is 35.8 Å². The van der Waals surface area contributed by atoms with Crippen LogP contribution in [-0.2, 0) is 0 Å². The highest BCUT2D eigenvalue weighted by Gasteiger charge is 2.11. The molecule has 0 radical (unpaired) electrons. The highest BCUT2D eigenvalue weighted by atomic mass is 16.3. The molecular formula is C16H20N2O. The predicted molar refractivity (Wildman–Crippen MR) is 76.8 cm³/mol. The van der Waals surface area contributed by atoms with Crippen LogP contribution in [0.4, 0.5) is 0 Å². The van der Waals surface area contributed by atoms with Crippen LogP contribution >= 0.6 is 0 Å². The Morgan fingerprint density at radius 1 is 1.16 bits per heavy atom. The van der Waals surface area contributed by atoms with Gasteiger partial charge in [0.1, 0.15) is 0 Å². The summed E-state index contributed by atoms with van der Waals surface area (Å²) >= 11 is 0. The molecule has 2 unspecified atom stereocenters. The largest absolute Gasteiger partial charge is 0.387 e. The zero-order valence-corrected chi connectivity index (χ0v) is 11.4. The van der Waals surface area contributed by atoms with E-state index in [9.17, 15) is 5.11 Å². The molecule has 1 heterocycles. The van der Waals surface area contributed by atoms with Gasteiger partial charge in [-0.3, -0.25) is 4.98 Å². The summed E-state index contributed by atoms with van der Waals surface area (Å²) in [5.41, 5.74) is 3.28. The normalized spacial score (nSPS) is 14.1. The van der Waals surface area contributed by atoms with Crippen molar-refractivity contribution >= 4 is 0 Å². The fourth-order valence-electron chi connectivity index (χ4n) is 2.13. The summed E-state index contributed by atoms with van der Waals surface area (Å²) in [4.78, 5) is 4.01. The van der Waals surface area contributed by atoms with E-state index in [0.717, 1.165) is 11.1 Å². The number of aryl methyl sites for hydroxylation is 1. The molecule has 0 aliphatic heterocycles. The zero-order chi connectivity index (χ0) is 13.7. The minimum atomic E-state index is -0.481. The lowest BCUT2D eigenvalue weighted by molar-refractivity contribution is 0.170. The molecule has 0 fully saturated rings. The number of pyridine rings is 1. The Morgan fingerprint density at radius 2 is 1.84 bits per heavy atom. The van der Waals surface area contributed by atoms with Gasteiger partial charge in [-0.05, 0) is 42.7 Å². The van der Waals surface area contributed by atoms with E-state index in [1.807, 2.05) is 43.3 Å². The van der Waals surface area contributed by atoms with Crippen molar-refractivity contribution in [1.82, 2.24) is 10.3 Å². The number of benzene rings is 1. The van der Waals surface area contributed by atoms with Crippen LogP contribution < -0.4 is 5.32 Å². The van der Waals surface area contributed by atoms with Crippen molar-refractivity contribution in [3.63, 3.8) is 0 Å². The first-order valence-electron chi connectivity index (χ1n) is 6.55. The Balaban J connectivity index is 1.94. The maximum atomic E-state index is 10.2. The maximum absolute atomic E-state index is 10.2. The first-order valence-corrected chi connectivity index (χ1v) is 6.55. The van der Waals surface area contributed by atoms with E-state index in [2.05, 4.69) is 17.2 Å². The third kappa shape index (κ3) is 3.63. The molecule has 0 bridgehead atoms. The highest BCUT2D eigenvalue weighted by Crippen LogP contribution is 2.18. The smallest absolute Gasteiger partial charge is 0.0917 e. The minimum absolute atomic E-state index is 0.196. The van der Waals surface area contributed by atoms with Crippen molar-refractivity contribution in [2.45, 2.75) is 26.0 Å². The number of aliphatic hydroxyl groups is 1. The number of hydrogen-bond acceptors (Lipinski definition) is 3. The van der Waals surface area contributed by atoms with Gasteiger partial charge in [0, 0.05) is 25.0 Å². The SMILES string of the molecule is Cc1ccccc1C(O)CNC(C)c1ccncc1. The van der Waals surface area contributed by atoms with Gasteiger partial charge in [-0.2, -0.15) is 0 Å². The molecule has 2 rings (SSSR count). The first kappa shape index (κ1) is 13.7. The van der Waals surface area contributed by atoms with Gasteiger partial charge < -0.3 is 10.4 Å². The quantitative estimate of drug-likeness (QED) is 0.864. The third-order valence-corrected chi connectivity index (χ3v) is 3.37. The molecule has 2 atom stereocenters. The lowest BCUT2D eigenvalue weighted by atomic mass is 10.0. The lowest BCUT2D eigenvalue weighted by Crippen LogP contribution is -2.25. The summed E-state index contributed by atoms with van der Waals surface area (Å²) in [5, 5.41) is 13.6. The van der Waals surface area contributed by atoms with Gasteiger partial charge in [-0.25, -0.2) is 0 Å². The molecule has 1 aromatic heterocycles. The molecule has 1 aromatic carbocycles. The summed E-state index contributed by atoms with van der Waals surface area (Å²) in [6, 6.07) is 12.1. The van der Waals surface area contributed by atoms with Crippen LogP contribution in [0.5, 0.6) is 0 Å². The number of aliphatic hydroxyl groups excluding tert-OH is 1. The number of nitrogens with zero attached hydrogens (tertiary/aromatic N) is 1. The number of nitrogens with one attached hydrogen (secondary N) is 1. The van der Waals surface area contributed by atoms with Gasteiger partial charge in [0.15, 0.2) is 0 Å². The molecule has 0 aliphatic carbocycles. The van der Waals surface area contributed by atoms with Crippen molar-refractivity contribution in [3.05, 3.63) is 65.5 Å². The maximum Gasteiger partial charge on any atom is 0.0917 e. The number of hydrogen-bond donors (Lipinski definition) is 2. The number of rotatable bonds is 5. The van der Waals surface area contributed by atoms with Crippen molar-refractivity contribution in [3.8, 4) is 0 Å². The predicted octanol–water partition coefficient (Wildman–Crippen LogP) is 2.77. The van der Waals surface area contributed by atoms with Crippen LogP contribution in [0, 0.1) is 6.92 Å². The monoisotopic (exact) mass is 256 g/mol. The van der Waals surface area contributed by atoms with Crippen LogP contribution in [0.3, 0.4) is 0 Å². The Labute approximate surface area is 114 Å². The molecule has 3 nitrogen and oxygen atoms in total. The van der Waals surface area contributed by atoms with E-state index in [-0.39, 0.29) is 6.04 Å². The first-order chi connectivity index (χ1) is 9.18. The summed E-state index contributed by atoms with van der Waals surface area (Å²) in [5.74, 6) is 0. The third-order valence-electron chi connectivity index (χ3n) is 3.37. The fourth-order valence-corrected chi connectivity index (χ4v) is 2.13. The zero-order valence-electron chi connectivity index (χ0n) is 11.4. The van der Waals surface area contributed by atoms with Crippen LogP contribution in [0.25, 0.3) is 0 Å². The molecule has 0 amide bonds. The molecule has 0 saturated carbocycles. The summed E-state index contributed by atoms with van der Waals surface area (Å²) in [6.07, 6.45) is 3.09. The van der Waals surface area contributed by atoms with Crippen LogP contribution in [0.2, 0.25) is 0 Å². The Hall–Kier alpha value is -1.71. The molecule has 0 saturated heterocycles. The van der Waals surface area contributed by atoms with Crippen LogP contribution in [0.15, 0.2) is 48.8 Å². The summed E-state index contributed by atoms with van der Waals surface area (Å²) < 4.78 is 0. The average molecular weight is 256 g/mol. The molecule has 19 heavy (non-hydrogen) atoms. The van der Waals surface area contributed by atoms with E-state index < -0.39 is 6.10 Å². The van der Waals surface area contributed by atoms with E-state index in [0.29, 0.717) is 6.54 Å². The number of aromatic nitrogens is 1. The second-order valence-corrected chi connectivity index (χ2v) is 4.78. The van der Waals surface area contributed by atoms with E-state index in [4.69, 9.17) is 0 Å². The lowest BCUT2D eigenvalue weighted by Gasteiger charge is -2.18. The van der Waals surface area contributed by atoms with Crippen molar-refractivity contribution in [1.29, 1.82) is 0 Å². The second-order valence-electron chi connectivity index (χ2n) is 4.78. The highest BCUT2D eigenvalue weighted by molar-refractivity contribution is 5.27. The van der Waals surface area contributed by atoms with Gasteiger partial charge in [-0.1, -0.05) is 24.3 Å². The Kier molecular flexibility index (Phi) is 4.66. The Morgan fingerprint density at radius 3 is 2.53 bits per heavy atom. The average Bonchev–Trinajstić information content (AvgIpc) is 2.46. The van der Waals surface area contributed by atoms with Crippen molar-refractivity contribution in [2.75, 3.05) is 6.54 Å². The van der Waals surface area contributed by atoms with Crippen LogP contribution in [-0.4, -0.2) is 16.6 Å². The van der Waals surface area contributed by atoms with Crippen molar-refractivity contribution < 1.29 is 5.11 Å². The molecule has 2 N–H and O–H groups in total. The van der Waals surface area contributed by atoms with Gasteiger partial charge in [0.25, 0.3) is 0 Å². The molecule has 100 valence electrons. The standard InChI is InChI=1S/C16H20N2O/c1-12-5-3-4-6-15(12)16(19)11-18-13(2)14-7-9-17-10-8-14/h3-10,13,16,18-19H,11H2,1-2H3. The second kappa shape index (κ2) is 6.45. The minimum Gasteiger partial charge on any atom is -0.387 e.